The van der Waals surface area contributed by atoms with Gasteiger partial charge in [0.05, 0.1) is 19.0 Å². The Morgan fingerprint density at radius 2 is 2.04 bits per heavy atom. The van der Waals surface area contributed by atoms with E-state index in [4.69, 9.17) is 4.74 Å². The number of nitrogens with one attached hydrogen (secondary N) is 1. The molecule has 7 heteroatoms. The van der Waals surface area contributed by atoms with Crippen LogP contribution in [0.3, 0.4) is 0 Å². The lowest BCUT2D eigenvalue weighted by atomic mass is 10.2. The smallest absolute Gasteiger partial charge is 0.273 e. The van der Waals surface area contributed by atoms with Crippen molar-refractivity contribution in [3.8, 4) is 11.4 Å². The Morgan fingerprint density at radius 1 is 1.25 bits per heavy atom. The predicted octanol–water partition coefficient (Wildman–Crippen LogP) is 2.97. The SMILES string of the molecule is COc1ccc(CNC(=O)c2cn(-c3cccc(Br)c3)nn2)cc1. The second kappa shape index (κ2) is 7.27. The summed E-state index contributed by atoms with van der Waals surface area (Å²) in [5.41, 5.74) is 2.07. The van der Waals surface area contributed by atoms with Crippen LogP contribution in [-0.2, 0) is 6.54 Å². The maximum absolute atomic E-state index is 12.2. The van der Waals surface area contributed by atoms with Crippen LogP contribution in [-0.4, -0.2) is 28.0 Å². The van der Waals surface area contributed by atoms with E-state index in [9.17, 15) is 4.79 Å². The zero-order chi connectivity index (χ0) is 16.9. The molecule has 0 radical (unpaired) electrons. The molecule has 1 heterocycles. The Kier molecular flexibility index (Phi) is 4.90. The second-order valence-corrected chi connectivity index (χ2v) is 5.97. The molecule has 0 spiro atoms. The third-order valence-corrected chi connectivity index (χ3v) is 3.90. The maximum Gasteiger partial charge on any atom is 0.273 e. The van der Waals surface area contributed by atoms with Crippen molar-refractivity contribution in [3.05, 3.63) is 70.5 Å². The summed E-state index contributed by atoms with van der Waals surface area (Å²) < 4.78 is 7.60. The van der Waals surface area contributed by atoms with E-state index in [-0.39, 0.29) is 11.6 Å². The summed E-state index contributed by atoms with van der Waals surface area (Å²) in [6.45, 7) is 0.409. The summed E-state index contributed by atoms with van der Waals surface area (Å²) >= 11 is 3.41. The van der Waals surface area contributed by atoms with E-state index in [0.29, 0.717) is 6.54 Å². The number of rotatable bonds is 5. The van der Waals surface area contributed by atoms with Crippen molar-refractivity contribution in [2.45, 2.75) is 6.54 Å². The zero-order valence-corrected chi connectivity index (χ0v) is 14.5. The molecule has 3 rings (SSSR count). The van der Waals surface area contributed by atoms with E-state index >= 15 is 0 Å². The molecule has 0 atom stereocenters. The number of amides is 1. The molecule has 1 amide bonds. The minimum absolute atomic E-state index is 0.267. The average Bonchev–Trinajstić information content (AvgIpc) is 3.10. The van der Waals surface area contributed by atoms with Crippen LogP contribution in [0.15, 0.2) is 59.2 Å². The molecule has 0 bridgehead atoms. The Morgan fingerprint density at radius 3 is 2.75 bits per heavy atom. The maximum atomic E-state index is 12.2. The van der Waals surface area contributed by atoms with Gasteiger partial charge in [-0.2, -0.15) is 0 Å². The topological polar surface area (TPSA) is 69.0 Å². The highest BCUT2D eigenvalue weighted by Gasteiger charge is 2.11. The van der Waals surface area contributed by atoms with Crippen LogP contribution in [0, 0.1) is 0 Å². The van der Waals surface area contributed by atoms with E-state index < -0.39 is 0 Å². The van der Waals surface area contributed by atoms with Crippen molar-refractivity contribution in [1.82, 2.24) is 20.3 Å². The number of carbonyl (C=O) groups is 1. The van der Waals surface area contributed by atoms with Crippen molar-refractivity contribution in [1.29, 1.82) is 0 Å². The van der Waals surface area contributed by atoms with Gasteiger partial charge in [0.15, 0.2) is 5.69 Å². The molecule has 0 aliphatic rings. The van der Waals surface area contributed by atoms with Gasteiger partial charge in [-0.15, -0.1) is 5.10 Å². The van der Waals surface area contributed by atoms with Crippen LogP contribution in [0.5, 0.6) is 5.75 Å². The summed E-state index contributed by atoms with van der Waals surface area (Å²) in [6, 6.07) is 15.1. The van der Waals surface area contributed by atoms with Crippen LogP contribution in [0.1, 0.15) is 16.1 Å². The van der Waals surface area contributed by atoms with Gasteiger partial charge in [-0.25, -0.2) is 4.68 Å². The van der Waals surface area contributed by atoms with Crippen molar-refractivity contribution < 1.29 is 9.53 Å². The van der Waals surface area contributed by atoms with Gasteiger partial charge in [0.25, 0.3) is 5.91 Å². The first-order valence-electron chi connectivity index (χ1n) is 7.25. The van der Waals surface area contributed by atoms with E-state index in [1.54, 1.807) is 18.0 Å². The van der Waals surface area contributed by atoms with Gasteiger partial charge in [-0.05, 0) is 35.9 Å². The third-order valence-electron chi connectivity index (χ3n) is 3.41. The highest BCUT2D eigenvalue weighted by Crippen LogP contribution is 2.15. The molecule has 6 nitrogen and oxygen atoms in total. The number of nitrogens with zero attached hydrogens (tertiary/aromatic N) is 3. The predicted molar refractivity (Wildman–Crippen MR) is 93.2 cm³/mol. The van der Waals surface area contributed by atoms with E-state index in [1.165, 1.54) is 0 Å². The number of hydrogen-bond acceptors (Lipinski definition) is 4. The molecule has 122 valence electrons. The monoisotopic (exact) mass is 386 g/mol. The van der Waals surface area contributed by atoms with Crippen LogP contribution in [0.25, 0.3) is 5.69 Å². The van der Waals surface area contributed by atoms with E-state index in [0.717, 1.165) is 21.5 Å². The number of aromatic nitrogens is 3. The fourth-order valence-corrected chi connectivity index (χ4v) is 2.52. The Balaban J connectivity index is 1.65. The summed E-state index contributed by atoms with van der Waals surface area (Å²) in [5.74, 6) is 0.508. The van der Waals surface area contributed by atoms with Crippen molar-refractivity contribution in [3.63, 3.8) is 0 Å². The van der Waals surface area contributed by atoms with E-state index in [1.807, 2.05) is 48.5 Å². The standard InChI is InChI=1S/C17H15BrN4O2/c1-24-15-7-5-12(6-8-15)10-19-17(23)16-11-22(21-20-16)14-4-2-3-13(18)9-14/h2-9,11H,10H2,1H3,(H,19,23). The molecule has 1 aromatic heterocycles. The molecular weight excluding hydrogens is 372 g/mol. The Hall–Kier alpha value is -2.67. The molecule has 2 aromatic carbocycles. The highest BCUT2D eigenvalue weighted by molar-refractivity contribution is 9.10. The molecule has 24 heavy (non-hydrogen) atoms. The minimum Gasteiger partial charge on any atom is -0.497 e. The van der Waals surface area contributed by atoms with Gasteiger partial charge >= 0.3 is 0 Å². The van der Waals surface area contributed by atoms with Crippen molar-refractivity contribution in [2.24, 2.45) is 0 Å². The van der Waals surface area contributed by atoms with Gasteiger partial charge in [0.1, 0.15) is 5.75 Å². The van der Waals surface area contributed by atoms with Crippen molar-refractivity contribution >= 4 is 21.8 Å². The van der Waals surface area contributed by atoms with Gasteiger partial charge in [-0.3, -0.25) is 4.79 Å². The molecule has 0 fully saturated rings. The number of methoxy groups -OCH3 is 1. The zero-order valence-electron chi connectivity index (χ0n) is 12.9. The third kappa shape index (κ3) is 3.80. The number of benzene rings is 2. The Labute approximate surface area is 147 Å². The molecule has 0 unspecified atom stereocenters. The Bertz CT molecular complexity index is 846. The number of carbonyl (C=O) groups excluding carboxylic acids is 1. The number of halogens is 1. The lowest BCUT2D eigenvalue weighted by Crippen LogP contribution is -2.23. The van der Waals surface area contributed by atoms with Crippen LogP contribution >= 0.6 is 15.9 Å². The fraction of sp³-hybridized carbons (Fsp3) is 0.118. The van der Waals surface area contributed by atoms with Crippen LogP contribution < -0.4 is 10.1 Å². The highest BCUT2D eigenvalue weighted by atomic mass is 79.9. The average molecular weight is 387 g/mol. The first kappa shape index (κ1) is 16.2. The second-order valence-electron chi connectivity index (χ2n) is 5.06. The molecule has 0 aliphatic carbocycles. The first-order chi connectivity index (χ1) is 11.7. The lowest BCUT2D eigenvalue weighted by Gasteiger charge is -2.04. The summed E-state index contributed by atoms with van der Waals surface area (Å²) in [6.07, 6.45) is 1.60. The van der Waals surface area contributed by atoms with Gasteiger partial charge in [-0.1, -0.05) is 39.3 Å². The van der Waals surface area contributed by atoms with Crippen LogP contribution in [0.2, 0.25) is 0 Å². The molecule has 0 saturated carbocycles. The van der Waals surface area contributed by atoms with Gasteiger partial charge in [0, 0.05) is 11.0 Å². The van der Waals surface area contributed by atoms with Crippen LogP contribution in [0.4, 0.5) is 0 Å². The molecule has 1 N–H and O–H groups in total. The normalized spacial score (nSPS) is 10.4. The largest absolute Gasteiger partial charge is 0.497 e. The fourth-order valence-electron chi connectivity index (χ4n) is 2.13. The quantitative estimate of drug-likeness (QED) is 0.731. The first-order valence-corrected chi connectivity index (χ1v) is 8.04. The number of ether oxygens (including phenoxy) is 1. The molecular formula is C17H15BrN4O2. The van der Waals surface area contributed by atoms with Gasteiger partial charge in [0.2, 0.25) is 0 Å². The van der Waals surface area contributed by atoms with Gasteiger partial charge < -0.3 is 10.1 Å². The molecule has 3 aromatic rings. The summed E-state index contributed by atoms with van der Waals surface area (Å²) in [7, 11) is 1.62. The van der Waals surface area contributed by atoms with E-state index in [2.05, 4.69) is 31.6 Å². The minimum atomic E-state index is -0.271. The summed E-state index contributed by atoms with van der Waals surface area (Å²) in [5, 5.41) is 10.7. The molecule has 0 saturated heterocycles. The number of hydrogen-bond donors (Lipinski definition) is 1. The molecule has 0 aliphatic heterocycles. The summed E-state index contributed by atoms with van der Waals surface area (Å²) in [4.78, 5) is 12.2. The van der Waals surface area contributed by atoms with Crippen molar-refractivity contribution in [2.75, 3.05) is 7.11 Å². The lowest BCUT2D eigenvalue weighted by molar-refractivity contribution is 0.0946.